The summed E-state index contributed by atoms with van der Waals surface area (Å²) in [5, 5.41) is 3.01. The van der Waals surface area contributed by atoms with E-state index in [4.69, 9.17) is 9.47 Å². The van der Waals surface area contributed by atoms with Crippen molar-refractivity contribution in [2.24, 2.45) is 0 Å². The zero-order valence-electron chi connectivity index (χ0n) is 14.0. The molecule has 0 fully saturated rings. The number of para-hydroxylation sites is 1. The minimum absolute atomic E-state index is 0.0416. The molecule has 126 valence electrons. The lowest BCUT2D eigenvalue weighted by Crippen LogP contribution is -2.14. The first kappa shape index (κ1) is 16.8. The quantitative estimate of drug-likeness (QED) is 0.821. The Hall–Kier alpha value is -2.01. The first-order valence-corrected chi connectivity index (χ1v) is 8.74. The molecule has 0 aromatic heterocycles. The lowest BCUT2D eigenvalue weighted by atomic mass is 9.92. The maximum absolute atomic E-state index is 12.5. The number of hydrogen-bond acceptors (Lipinski definition) is 3. The van der Waals surface area contributed by atoms with Gasteiger partial charge in [0.1, 0.15) is 0 Å². The van der Waals surface area contributed by atoms with Crippen LogP contribution in [0.1, 0.15) is 29.5 Å². The van der Waals surface area contributed by atoms with Crippen molar-refractivity contribution >= 4 is 27.5 Å². The summed E-state index contributed by atoms with van der Waals surface area (Å²) < 4.78 is 11.9. The summed E-state index contributed by atoms with van der Waals surface area (Å²) in [5.41, 5.74) is 4.11. The highest BCUT2D eigenvalue weighted by molar-refractivity contribution is 9.10. The van der Waals surface area contributed by atoms with E-state index in [1.807, 2.05) is 44.2 Å². The third-order valence-electron chi connectivity index (χ3n) is 4.30. The second-order valence-electron chi connectivity index (χ2n) is 5.81. The molecule has 5 heteroatoms. The van der Waals surface area contributed by atoms with E-state index in [0.29, 0.717) is 24.5 Å². The van der Waals surface area contributed by atoms with Gasteiger partial charge in [0.25, 0.3) is 0 Å². The van der Waals surface area contributed by atoms with E-state index in [0.717, 1.165) is 26.9 Å². The van der Waals surface area contributed by atoms with Crippen molar-refractivity contribution in [1.82, 2.24) is 0 Å². The average Bonchev–Trinajstić information content (AvgIpc) is 2.88. The predicted octanol–water partition coefficient (Wildman–Crippen LogP) is 4.44. The first-order valence-electron chi connectivity index (χ1n) is 7.94. The van der Waals surface area contributed by atoms with Crippen molar-refractivity contribution in [1.29, 1.82) is 0 Å². The number of nitrogens with one attached hydrogen (secondary N) is 1. The highest BCUT2D eigenvalue weighted by atomic mass is 79.9. The van der Waals surface area contributed by atoms with E-state index in [2.05, 4.69) is 21.2 Å². The zero-order chi connectivity index (χ0) is 17.3. The first-order chi connectivity index (χ1) is 11.5. The number of carbonyl (C=O) groups excluding carboxylic acids is 1. The number of rotatable bonds is 5. The second-order valence-corrected chi connectivity index (χ2v) is 6.67. The van der Waals surface area contributed by atoms with Crippen LogP contribution >= 0.6 is 15.9 Å². The maximum atomic E-state index is 12.5. The van der Waals surface area contributed by atoms with Crippen LogP contribution in [0.4, 0.5) is 5.69 Å². The van der Waals surface area contributed by atoms with Crippen LogP contribution in [0.25, 0.3) is 0 Å². The molecule has 1 aliphatic rings. The van der Waals surface area contributed by atoms with E-state index < -0.39 is 0 Å². The van der Waals surface area contributed by atoms with Gasteiger partial charge < -0.3 is 14.8 Å². The Morgan fingerprint density at radius 3 is 2.75 bits per heavy atom. The Morgan fingerprint density at radius 2 is 2.04 bits per heavy atom. The van der Waals surface area contributed by atoms with Crippen LogP contribution in [0.5, 0.6) is 11.5 Å². The molecule has 24 heavy (non-hydrogen) atoms. The zero-order valence-corrected chi connectivity index (χ0v) is 15.6. The van der Waals surface area contributed by atoms with Crippen molar-refractivity contribution in [2.45, 2.75) is 26.2 Å². The molecule has 4 nitrogen and oxygen atoms in total. The second kappa shape index (κ2) is 6.85. The van der Waals surface area contributed by atoms with Crippen LogP contribution in [-0.2, 0) is 11.2 Å². The molecule has 0 spiro atoms. The van der Waals surface area contributed by atoms with Crippen molar-refractivity contribution in [3.05, 3.63) is 51.5 Å². The SMILES string of the molecule is CCOc1cc(C[C@@H]2C(=O)Nc3c(C)cccc32)c(Br)cc1OC. The van der Waals surface area contributed by atoms with Gasteiger partial charge in [0, 0.05) is 10.2 Å². The molecule has 1 N–H and O–H groups in total. The van der Waals surface area contributed by atoms with Gasteiger partial charge in [0.05, 0.1) is 19.6 Å². The molecule has 0 radical (unpaired) electrons. The summed E-state index contributed by atoms with van der Waals surface area (Å²) in [6.07, 6.45) is 0.604. The summed E-state index contributed by atoms with van der Waals surface area (Å²) in [6.45, 7) is 4.51. The van der Waals surface area contributed by atoms with Gasteiger partial charge in [0.2, 0.25) is 5.91 Å². The van der Waals surface area contributed by atoms with Gasteiger partial charge in [-0.3, -0.25) is 4.79 Å². The molecule has 1 heterocycles. The Balaban J connectivity index is 1.96. The van der Waals surface area contributed by atoms with E-state index in [-0.39, 0.29) is 11.8 Å². The smallest absolute Gasteiger partial charge is 0.232 e. The number of halogens is 1. The molecule has 3 rings (SSSR count). The molecule has 0 saturated heterocycles. The fourth-order valence-electron chi connectivity index (χ4n) is 3.09. The Labute approximate surface area is 150 Å². The standard InChI is InChI=1S/C19H20BrNO3/c1-4-24-17-9-12(15(20)10-16(17)23-3)8-14-13-7-5-6-11(2)18(13)21-19(14)22/h5-7,9-10,14H,4,8H2,1-3H3,(H,21,22)/t14-/m0/s1. The molecule has 1 aliphatic heterocycles. The monoisotopic (exact) mass is 389 g/mol. The Morgan fingerprint density at radius 1 is 1.25 bits per heavy atom. The van der Waals surface area contributed by atoms with Crippen LogP contribution < -0.4 is 14.8 Å². The van der Waals surface area contributed by atoms with Crippen LogP contribution in [0.2, 0.25) is 0 Å². The van der Waals surface area contributed by atoms with Gasteiger partial charge >= 0.3 is 0 Å². The maximum Gasteiger partial charge on any atom is 0.232 e. The fraction of sp³-hybridized carbons (Fsp3) is 0.316. The number of carbonyl (C=O) groups is 1. The molecule has 0 aliphatic carbocycles. The predicted molar refractivity (Wildman–Crippen MR) is 98.1 cm³/mol. The Kier molecular flexibility index (Phi) is 4.81. The summed E-state index contributed by atoms with van der Waals surface area (Å²) in [5.74, 6) is 1.22. The molecule has 0 unspecified atom stereocenters. The number of fused-ring (bicyclic) bond motifs is 1. The number of benzene rings is 2. The van der Waals surface area contributed by atoms with Gasteiger partial charge in [-0.25, -0.2) is 0 Å². The van der Waals surface area contributed by atoms with Crippen LogP contribution in [0.3, 0.4) is 0 Å². The van der Waals surface area contributed by atoms with Gasteiger partial charge in [-0.15, -0.1) is 0 Å². The van der Waals surface area contributed by atoms with Gasteiger partial charge in [-0.1, -0.05) is 34.1 Å². The molecule has 2 aromatic rings. The number of ether oxygens (including phenoxy) is 2. The third kappa shape index (κ3) is 3.00. The minimum Gasteiger partial charge on any atom is -0.493 e. The van der Waals surface area contributed by atoms with E-state index in [9.17, 15) is 4.79 Å². The largest absolute Gasteiger partial charge is 0.493 e. The summed E-state index contributed by atoms with van der Waals surface area (Å²) in [6, 6.07) is 9.87. The highest BCUT2D eigenvalue weighted by Crippen LogP contribution is 2.40. The molecule has 1 amide bonds. The number of methoxy groups -OCH3 is 1. The van der Waals surface area contributed by atoms with Crippen LogP contribution in [0.15, 0.2) is 34.8 Å². The fourth-order valence-corrected chi connectivity index (χ4v) is 3.57. The lowest BCUT2D eigenvalue weighted by Gasteiger charge is -2.15. The third-order valence-corrected chi connectivity index (χ3v) is 5.04. The molecule has 0 saturated carbocycles. The summed E-state index contributed by atoms with van der Waals surface area (Å²) in [7, 11) is 1.62. The van der Waals surface area contributed by atoms with Crippen LogP contribution in [-0.4, -0.2) is 19.6 Å². The van der Waals surface area contributed by atoms with Crippen LogP contribution in [0, 0.1) is 6.92 Å². The highest BCUT2D eigenvalue weighted by Gasteiger charge is 2.32. The topological polar surface area (TPSA) is 47.6 Å². The lowest BCUT2D eigenvalue weighted by molar-refractivity contribution is -0.117. The van der Waals surface area contributed by atoms with E-state index >= 15 is 0 Å². The number of hydrogen-bond donors (Lipinski definition) is 1. The summed E-state index contributed by atoms with van der Waals surface area (Å²) >= 11 is 3.59. The normalized spacial score (nSPS) is 15.8. The average molecular weight is 390 g/mol. The van der Waals surface area contributed by atoms with E-state index in [1.54, 1.807) is 7.11 Å². The van der Waals surface area contributed by atoms with Gasteiger partial charge in [-0.2, -0.15) is 0 Å². The van der Waals surface area contributed by atoms with Crippen molar-refractivity contribution in [3.63, 3.8) is 0 Å². The molecule has 0 bridgehead atoms. The van der Waals surface area contributed by atoms with Crippen molar-refractivity contribution < 1.29 is 14.3 Å². The molecular weight excluding hydrogens is 370 g/mol. The molecule has 2 aromatic carbocycles. The number of amides is 1. The number of anilines is 1. The minimum atomic E-state index is -0.195. The molecule has 1 atom stereocenters. The Bertz CT molecular complexity index is 788. The number of aryl methyl sites for hydroxylation is 1. The summed E-state index contributed by atoms with van der Waals surface area (Å²) in [4.78, 5) is 12.5. The van der Waals surface area contributed by atoms with Crippen molar-refractivity contribution in [2.75, 3.05) is 19.0 Å². The van der Waals surface area contributed by atoms with E-state index in [1.165, 1.54) is 0 Å². The van der Waals surface area contributed by atoms with Gasteiger partial charge in [-0.05, 0) is 49.1 Å². The van der Waals surface area contributed by atoms with Crippen molar-refractivity contribution in [3.8, 4) is 11.5 Å². The van der Waals surface area contributed by atoms with Gasteiger partial charge in [0.15, 0.2) is 11.5 Å². The molecular formula is C19H20BrNO3.